The summed E-state index contributed by atoms with van der Waals surface area (Å²) in [6.45, 7) is 0.618. The maximum absolute atomic E-state index is 12.9. The van der Waals surface area contributed by atoms with E-state index in [1.807, 2.05) is 48.5 Å². The van der Waals surface area contributed by atoms with Gasteiger partial charge in [0.1, 0.15) is 12.4 Å². The summed E-state index contributed by atoms with van der Waals surface area (Å²) in [6.07, 6.45) is 3.19. The van der Waals surface area contributed by atoms with E-state index in [1.54, 1.807) is 24.3 Å². The third kappa shape index (κ3) is 5.74. The third-order valence-corrected chi connectivity index (χ3v) is 6.27. The predicted octanol–water partition coefficient (Wildman–Crippen LogP) is 5.63. The number of benzene rings is 3. The van der Waals surface area contributed by atoms with Gasteiger partial charge < -0.3 is 9.84 Å². The molecular weight excluding hydrogens is 450 g/mol. The molecule has 0 bridgehead atoms. The lowest BCUT2D eigenvalue weighted by Gasteiger charge is -2.12. The van der Waals surface area contributed by atoms with Gasteiger partial charge in [0.25, 0.3) is 11.1 Å². The van der Waals surface area contributed by atoms with Gasteiger partial charge in [-0.05, 0) is 60.0 Å². The van der Waals surface area contributed by atoms with Gasteiger partial charge in [-0.25, -0.2) is 4.79 Å². The third-order valence-electron chi connectivity index (χ3n) is 5.36. The lowest BCUT2D eigenvalue weighted by atomic mass is 10.1. The molecule has 4 rings (SSSR count). The number of aryl methyl sites for hydroxylation is 1. The number of imide groups is 1. The molecule has 0 saturated carbocycles. The van der Waals surface area contributed by atoms with Crippen LogP contribution in [0.15, 0.2) is 83.8 Å². The first kappa shape index (κ1) is 23.3. The van der Waals surface area contributed by atoms with Crippen LogP contribution in [-0.4, -0.2) is 33.7 Å². The summed E-state index contributed by atoms with van der Waals surface area (Å²) >= 11 is 0.938. The number of rotatable bonds is 9. The molecule has 172 valence electrons. The van der Waals surface area contributed by atoms with Crippen molar-refractivity contribution < 1.29 is 24.2 Å². The van der Waals surface area contributed by atoms with Crippen molar-refractivity contribution in [1.82, 2.24) is 4.90 Å². The highest BCUT2D eigenvalue weighted by Gasteiger charge is 2.34. The molecule has 1 saturated heterocycles. The van der Waals surface area contributed by atoms with E-state index in [4.69, 9.17) is 9.84 Å². The Morgan fingerprint density at radius 1 is 0.912 bits per heavy atom. The largest absolute Gasteiger partial charge is 0.488 e. The number of hydrogen-bond acceptors (Lipinski definition) is 5. The van der Waals surface area contributed by atoms with E-state index < -0.39 is 5.97 Å². The van der Waals surface area contributed by atoms with Crippen molar-refractivity contribution in [2.45, 2.75) is 19.4 Å². The average molecular weight is 474 g/mol. The van der Waals surface area contributed by atoms with Crippen LogP contribution in [-0.2, 0) is 17.8 Å². The zero-order valence-corrected chi connectivity index (χ0v) is 19.2. The highest BCUT2D eigenvalue weighted by Crippen LogP contribution is 2.34. The van der Waals surface area contributed by atoms with Crippen LogP contribution >= 0.6 is 11.8 Å². The molecule has 0 atom stereocenters. The zero-order valence-electron chi connectivity index (χ0n) is 18.3. The van der Waals surface area contributed by atoms with Crippen LogP contribution in [0.3, 0.4) is 0 Å². The van der Waals surface area contributed by atoms with Gasteiger partial charge >= 0.3 is 5.97 Å². The number of carboxylic acid groups (broad SMARTS) is 1. The number of ether oxygens (including phenoxy) is 1. The highest BCUT2D eigenvalue weighted by atomic mass is 32.2. The van der Waals surface area contributed by atoms with Gasteiger partial charge in [0.2, 0.25) is 0 Å². The van der Waals surface area contributed by atoms with Gasteiger partial charge in [-0.3, -0.25) is 14.5 Å². The second kappa shape index (κ2) is 10.9. The Bertz CT molecular complexity index is 1220. The number of hydrogen-bond donors (Lipinski definition) is 1. The first-order valence-electron chi connectivity index (χ1n) is 10.8. The number of carbonyl (C=O) groups excluding carboxylic acids is 2. The molecular formula is C27H23NO5S. The predicted molar refractivity (Wildman–Crippen MR) is 132 cm³/mol. The summed E-state index contributed by atoms with van der Waals surface area (Å²) < 4.78 is 5.93. The average Bonchev–Trinajstić information content (AvgIpc) is 3.12. The molecule has 1 aliphatic rings. The number of thioether (sulfide) groups is 1. The summed E-state index contributed by atoms with van der Waals surface area (Å²) in [6, 6.07) is 23.7. The number of carbonyl (C=O) groups is 3. The molecule has 0 unspecified atom stereocenters. The molecule has 3 aromatic carbocycles. The number of nitrogens with zero attached hydrogens (tertiary/aromatic N) is 1. The van der Waals surface area contributed by atoms with Gasteiger partial charge in [-0.15, -0.1) is 0 Å². The smallest absolute Gasteiger partial charge is 0.335 e. The van der Waals surface area contributed by atoms with E-state index in [0.29, 0.717) is 29.2 Å². The summed E-state index contributed by atoms with van der Waals surface area (Å²) in [5, 5.41) is 8.76. The fourth-order valence-electron chi connectivity index (χ4n) is 3.56. The van der Waals surface area contributed by atoms with Crippen molar-refractivity contribution in [3.05, 3.63) is 106 Å². The molecule has 1 N–H and O–H groups in total. The van der Waals surface area contributed by atoms with Crippen molar-refractivity contribution in [2.24, 2.45) is 0 Å². The van der Waals surface area contributed by atoms with E-state index in [-0.39, 0.29) is 23.3 Å². The molecule has 1 aliphatic heterocycles. The normalized spacial score (nSPS) is 14.6. The van der Waals surface area contributed by atoms with E-state index in [0.717, 1.165) is 23.7 Å². The Balaban J connectivity index is 1.40. The summed E-state index contributed by atoms with van der Waals surface area (Å²) in [5.41, 5.74) is 2.90. The van der Waals surface area contributed by atoms with Gasteiger partial charge in [0.15, 0.2) is 0 Å². The van der Waals surface area contributed by atoms with Crippen LogP contribution < -0.4 is 4.74 Å². The first-order valence-corrected chi connectivity index (χ1v) is 11.7. The lowest BCUT2D eigenvalue weighted by molar-refractivity contribution is -0.122. The molecule has 2 amide bonds. The second-order valence-electron chi connectivity index (χ2n) is 7.75. The lowest BCUT2D eigenvalue weighted by Crippen LogP contribution is -2.29. The van der Waals surface area contributed by atoms with Gasteiger partial charge in [-0.1, -0.05) is 60.7 Å². The molecule has 34 heavy (non-hydrogen) atoms. The van der Waals surface area contributed by atoms with Crippen LogP contribution in [0.5, 0.6) is 5.75 Å². The molecule has 1 heterocycles. The SMILES string of the molecule is O=C(O)c1ccc(COc2ccccc2/C=C2/SC(=O)N(CCCc3ccccc3)C2=O)cc1. The monoisotopic (exact) mass is 473 g/mol. The van der Waals surface area contributed by atoms with E-state index >= 15 is 0 Å². The molecule has 0 aromatic heterocycles. The molecule has 0 radical (unpaired) electrons. The minimum Gasteiger partial charge on any atom is -0.488 e. The molecule has 0 aliphatic carbocycles. The minimum absolute atomic E-state index is 0.212. The number of amides is 2. The number of aromatic carboxylic acids is 1. The van der Waals surface area contributed by atoms with Crippen LogP contribution in [0.2, 0.25) is 0 Å². The summed E-state index contributed by atoms with van der Waals surface area (Å²) in [5.74, 6) is -0.699. The maximum atomic E-state index is 12.9. The maximum Gasteiger partial charge on any atom is 0.335 e. The fourth-order valence-corrected chi connectivity index (χ4v) is 4.41. The topological polar surface area (TPSA) is 83.9 Å². The second-order valence-corrected chi connectivity index (χ2v) is 8.74. The van der Waals surface area contributed by atoms with Crippen LogP contribution in [0.4, 0.5) is 4.79 Å². The Morgan fingerprint density at radius 3 is 2.35 bits per heavy atom. The standard InChI is InChI=1S/C27H23NO5S/c29-25-24(34-27(32)28(25)16-6-9-19-7-2-1-3-8-19)17-22-10-4-5-11-23(22)33-18-20-12-14-21(15-13-20)26(30)31/h1-5,7-8,10-15,17H,6,9,16,18H2,(H,30,31)/b24-17+. The molecule has 0 spiro atoms. The van der Waals surface area contributed by atoms with Crippen molar-refractivity contribution in [3.8, 4) is 5.75 Å². The van der Waals surface area contributed by atoms with Gasteiger partial charge in [-0.2, -0.15) is 0 Å². The molecule has 1 fully saturated rings. The zero-order chi connectivity index (χ0) is 23.9. The van der Waals surface area contributed by atoms with Crippen molar-refractivity contribution in [3.63, 3.8) is 0 Å². The first-order chi connectivity index (χ1) is 16.5. The van der Waals surface area contributed by atoms with E-state index in [2.05, 4.69) is 0 Å². The number of carboxylic acids is 1. The molecule has 3 aromatic rings. The summed E-state index contributed by atoms with van der Waals surface area (Å²) in [4.78, 5) is 38.0. The van der Waals surface area contributed by atoms with Crippen LogP contribution in [0.1, 0.15) is 33.5 Å². The fraction of sp³-hybridized carbons (Fsp3) is 0.148. The Hall–Kier alpha value is -3.84. The van der Waals surface area contributed by atoms with Gasteiger partial charge in [0.05, 0.1) is 10.5 Å². The Kier molecular flexibility index (Phi) is 7.44. The van der Waals surface area contributed by atoms with Crippen LogP contribution in [0.25, 0.3) is 6.08 Å². The van der Waals surface area contributed by atoms with Crippen molar-refractivity contribution >= 4 is 35.0 Å². The van der Waals surface area contributed by atoms with E-state index in [9.17, 15) is 14.4 Å². The number of para-hydroxylation sites is 1. The quantitative estimate of drug-likeness (QED) is 0.405. The Morgan fingerprint density at radius 2 is 1.62 bits per heavy atom. The molecule has 7 heteroatoms. The molecule has 6 nitrogen and oxygen atoms in total. The highest BCUT2D eigenvalue weighted by molar-refractivity contribution is 8.18. The van der Waals surface area contributed by atoms with Gasteiger partial charge in [0, 0.05) is 12.1 Å². The van der Waals surface area contributed by atoms with Crippen molar-refractivity contribution in [2.75, 3.05) is 6.54 Å². The minimum atomic E-state index is -0.980. The van der Waals surface area contributed by atoms with Crippen LogP contribution in [0, 0.1) is 0 Å². The van der Waals surface area contributed by atoms with E-state index in [1.165, 1.54) is 22.6 Å². The van der Waals surface area contributed by atoms with Crippen molar-refractivity contribution in [1.29, 1.82) is 0 Å². The Labute approximate surface area is 201 Å². The summed E-state index contributed by atoms with van der Waals surface area (Å²) in [7, 11) is 0.